The maximum absolute atomic E-state index is 10.9. The molecule has 1 aromatic heterocycles. The number of Topliss-reactive ketones (excluding diaryl/α,β-unsaturated/α-hetero) is 1. The molecule has 0 fully saturated rings. The number of carbonyl (C=O) groups excluding carboxylic acids is 1. The zero-order valence-electron chi connectivity index (χ0n) is 8.87. The number of nitrogens with zero attached hydrogens (tertiary/aromatic N) is 1. The van der Waals surface area contributed by atoms with Crippen LogP contribution in [0.4, 0.5) is 0 Å². The molecule has 76 valence electrons. The lowest BCUT2D eigenvalue weighted by molar-refractivity contribution is 0.101. The van der Waals surface area contributed by atoms with Crippen molar-refractivity contribution in [2.45, 2.75) is 20.8 Å². The normalized spacial score (nSPS) is 8.50. The van der Waals surface area contributed by atoms with Crippen molar-refractivity contribution in [2.24, 2.45) is 0 Å². The Morgan fingerprint density at radius 2 is 2.07 bits per heavy atom. The summed E-state index contributed by atoms with van der Waals surface area (Å²) in [5.74, 6) is -0.00870. The molecule has 1 aromatic rings. The Kier molecular flexibility index (Phi) is 5.22. The Morgan fingerprint density at radius 1 is 1.50 bits per heavy atom. The van der Waals surface area contributed by atoms with Crippen LogP contribution in [0.1, 0.15) is 31.1 Å². The van der Waals surface area contributed by atoms with Gasteiger partial charge < -0.3 is 4.57 Å². The lowest BCUT2D eigenvalue weighted by Crippen LogP contribution is -2.14. The standard InChI is InChI=1S/C9H10N2O.C2H6/c1-3-11-6-8(7(2)12)4-5-9(11)10;1-2/h3-6,10H,1H2,2H3;1-2H3. The summed E-state index contributed by atoms with van der Waals surface area (Å²) in [6.45, 7) is 9.02. The van der Waals surface area contributed by atoms with E-state index in [0.29, 0.717) is 11.1 Å². The van der Waals surface area contributed by atoms with Crippen LogP contribution in [0.2, 0.25) is 0 Å². The van der Waals surface area contributed by atoms with Gasteiger partial charge in [0.15, 0.2) is 5.78 Å². The number of pyridine rings is 1. The second kappa shape index (κ2) is 5.91. The first-order valence-corrected chi connectivity index (χ1v) is 4.55. The van der Waals surface area contributed by atoms with E-state index < -0.39 is 0 Å². The molecule has 0 saturated heterocycles. The first-order chi connectivity index (χ1) is 6.65. The van der Waals surface area contributed by atoms with Gasteiger partial charge in [-0.15, -0.1) is 0 Å². The van der Waals surface area contributed by atoms with E-state index in [4.69, 9.17) is 5.41 Å². The van der Waals surface area contributed by atoms with Crippen molar-refractivity contribution in [3.05, 3.63) is 36.0 Å². The predicted octanol–water partition coefficient (Wildman–Crippen LogP) is 2.30. The summed E-state index contributed by atoms with van der Waals surface area (Å²) in [6, 6.07) is 3.20. The molecule has 3 nitrogen and oxygen atoms in total. The molecule has 0 saturated carbocycles. The molecule has 0 radical (unpaired) electrons. The molecule has 0 atom stereocenters. The van der Waals surface area contributed by atoms with Gasteiger partial charge in [-0.25, -0.2) is 0 Å². The van der Waals surface area contributed by atoms with E-state index in [1.165, 1.54) is 17.7 Å². The van der Waals surface area contributed by atoms with E-state index in [1.807, 2.05) is 13.8 Å². The molecule has 0 spiro atoms. The molecule has 0 amide bonds. The van der Waals surface area contributed by atoms with Gasteiger partial charge in [-0.3, -0.25) is 10.2 Å². The average Bonchev–Trinajstić information content (AvgIpc) is 2.21. The number of ketones is 1. The van der Waals surface area contributed by atoms with Crippen molar-refractivity contribution in [2.75, 3.05) is 0 Å². The third kappa shape index (κ3) is 3.01. The highest BCUT2D eigenvalue weighted by Crippen LogP contribution is 1.96. The molecular formula is C11H16N2O. The van der Waals surface area contributed by atoms with Crippen LogP contribution in [0.3, 0.4) is 0 Å². The monoisotopic (exact) mass is 192 g/mol. The van der Waals surface area contributed by atoms with E-state index in [9.17, 15) is 4.79 Å². The predicted molar refractivity (Wildman–Crippen MR) is 58.0 cm³/mol. The minimum atomic E-state index is -0.00870. The molecule has 3 heteroatoms. The van der Waals surface area contributed by atoms with E-state index >= 15 is 0 Å². The molecule has 0 aliphatic rings. The fraction of sp³-hybridized carbons (Fsp3) is 0.273. The molecule has 14 heavy (non-hydrogen) atoms. The summed E-state index contributed by atoms with van der Waals surface area (Å²) in [7, 11) is 0. The van der Waals surface area contributed by atoms with Gasteiger partial charge in [-0.2, -0.15) is 0 Å². The first kappa shape index (κ1) is 12.4. The van der Waals surface area contributed by atoms with Gasteiger partial charge in [0.1, 0.15) is 5.49 Å². The third-order valence-corrected chi connectivity index (χ3v) is 1.58. The average molecular weight is 192 g/mol. The number of aromatic nitrogens is 1. The second-order valence-corrected chi connectivity index (χ2v) is 2.45. The Bertz CT molecular complexity index is 377. The zero-order valence-corrected chi connectivity index (χ0v) is 8.87. The fourth-order valence-corrected chi connectivity index (χ4v) is 0.877. The molecule has 0 bridgehead atoms. The summed E-state index contributed by atoms with van der Waals surface area (Å²) in [4.78, 5) is 10.9. The van der Waals surface area contributed by atoms with Gasteiger partial charge in [-0.05, 0) is 19.1 Å². The maximum atomic E-state index is 10.9. The second-order valence-electron chi connectivity index (χ2n) is 2.45. The molecule has 1 heterocycles. The highest BCUT2D eigenvalue weighted by atomic mass is 16.1. The maximum Gasteiger partial charge on any atom is 0.161 e. The van der Waals surface area contributed by atoms with Crippen molar-refractivity contribution in [3.63, 3.8) is 0 Å². The Balaban J connectivity index is 0.000000791. The van der Waals surface area contributed by atoms with Gasteiger partial charge in [0.05, 0.1) is 0 Å². The first-order valence-electron chi connectivity index (χ1n) is 4.55. The largest absolute Gasteiger partial charge is 0.309 e. The van der Waals surface area contributed by atoms with E-state index in [2.05, 4.69) is 6.58 Å². The minimum absolute atomic E-state index is 0.00870. The van der Waals surface area contributed by atoms with Crippen LogP contribution in [0.25, 0.3) is 6.20 Å². The number of carbonyl (C=O) groups is 1. The highest BCUT2D eigenvalue weighted by Gasteiger charge is 1.98. The summed E-state index contributed by atoms with van der Waals surface area (Å²) < 4.78 is 1.50. The summed E-state index contributed by atoms with van der Waals surface area (Å²) >= 11 is 0. The van der Waals surface area contributed by atoms with Crippen LogP contribution >= 0.6 is 0 Å². The number of hydrogen-bond acceptors (Lipinski definition) is 2. The van der Waals surface area contributed by atoms with Crippen LogP contribution in [0.5, 0.6) is 0 Å². The summed E-state index contributed by atoms with van der Waals surface area (Å²) in [6.07, 6.45) is 3.09. The van der Waals surface area contributed by atoms with Crippen LogP contribution in [-0.4, -0.2) is 10.4 Å². The molecule has 0 unspecified atom stereocenters. The molecular weight excluding hydrogens is 176 g/mol. The van der Waals surface area contributed by atoms with Crippen molar-refractivity contribution in [3.8, 4) is 0 Å². The van der Waals surface area contributed by atoms with Gasteiger partial charge in [-0.1, -0.05) is 20.4 Å². The fourth-order valence-electron chi connectivity index (χ4n) is 0.877. The number of hydrogen-bond donors (Lipinski definition) is 1. The van der Waals surface area contributed by atoms with Gasteiger partial charge in [0, 0.05) is 18.0 Å². The Morgan fingerprint density at radius 3 is 2.50 bits per heavy atom. The molecule has 1 N–H and O–H groups in total. The van der Waals surface area contributed by atoms with E-state index in [-0.39, 0.29) is 5.78 Å². The van der Waals surface area contributed by atoms with Gasteiger partial charge in [0.2, 0.25) is 0 Å². The summed E-state index contributed by atoms with van der Waals surface area (Å²) in [5.41, 5.74) is 0.904. The lowest BCUT2D eigenvalue weighted by atomic mass is 10.2. The smallest absolute Gasteiger partial charge is 0.161 e. The van der Waals surface area contributed by atoms with Gasteiger partial charge in [0.25, 0.3) is 0 Å². The third-order valence-electron chi connectivity index (χ3n) is 1.58. The molecule has 0 aliphatic carbocycles. The molecule has 0 aromatic carbocycles. The van der Waals surface area contributed by atoms with E-state index in [0.717, 1.165) is 0 Å². The highest BCUT2D eigenvalue weighted by molar-refractivity contribution is 5.93. The van der Waals surface area contributed by atoms with E-state index in [1.54, 1.807) is 18.3 Å². The van der Waals surface area contributed by atoms with Crippen LogP contribution < -0.4 is 5.49 Å². The van der Waals surface area contributed by atoms with Crippen molar-refractivity contribution in [1.29, 1.82) is 5.41 Å². The Labute approximate surface area is 84.2 Å². The number of nitrogens with one attached hydrogen (secondary N) is 1. The summed E-state index contributed by atoms with van der Waals surface area (Å²) in [5, 5.41) is 7.39. The lowest BCUT2D eigenvalue weighted by Gasteiger charge is -2.00. The van der Waals surface area contributed by atoms with Crippen LogP contribution in [-0.2, 0) is 0 Å². The minimum Gasteiger partial charge on any atom is -0.309 e. The van der Waals surface area contributed by atoms with Crippen LogP contribution in [0.15, 0.2) is 24.9 Å². The quantitative estimate of drug-likeness (QED) is 0.718. The van der Waals surface area contributed by atoms with Gasteiger partial charge >= 0.3 is 0 Å². The van der Waals surface area contributed by atoms with Crippen LogP contribution in [0, 0.1) is 5.41 Å². The SMILES string of the molecule is C=Cn1cc(C(C)=O)ccc1=N.CC. The number of rotatable bonds is 2. The van der Waals surface area contributed by atoms with Crippen molar-refractivity contribution < 1.29 is 4.79 Å². The molecule has 1 rings (SSSR count). The zero-order chi connectivity index (χ0) is 11.1. The Hall–Kier alpha value is -1.64. The van der Waals surface area contributed by atoms with Crippen molar-refractivity contribution in [1.82, 2.24) is 4.57 Å². The molecule has 0 aliphatic heterocycles. The van der Waals surface area contributed by atoms with Crippen molar-refractivity contribution >= 4 is 12.0 Å². The topological polar surface area (TPSA) is 45.9 Å².